The zero-order valence-electron chi connectivity index (χ0n) is 13.4. The van der Waals surface area contributed by atoms with Crippen molar-refractivity contribution in [2.75, 3.05) is 12.9 Å². The Morgan fingerprint density at radius 1 is 1.25 bits per heavy atom. The van der Waals surface area contributed by atoms with Crippen molar-refractivity contribution in [3.8, 4) is 17.1 Å². The van der Waals surface area contributed by atoms with Crippen molar-refractivity contribution in [1.82, 2.24) is 15.2 Å². The number of rotatable bonds is 7. The summed E-state index contributed by atoms with van der Waals surface area (Å²) in [4.78, 5) is 18.7. The van der Waals surface area contributed by atoms with Crippen LogP contribution in [0.2, 0.25) is 0 Å². The Labute approximate surface area is 148 Å². The first-order valence-electron chi connectivity index (χ1n) is 7.51. The first-order valence-corrected chi connectivity index (χ1v) is 9.31. The van der Waals surface area contributed by atoms with Crippen LogP contribution in [0.1, 0.15) is 21.5 Å². The Bertz CT molecular complexity index is 824. The van der Waals surface area contributed by atoms with Crippen LogP contribution in [-0.4, -0.2) is 33.8 Å². The maximum absolute atomic E-state index is 12.2. The largest absolute Gasteiger partial charge is 0.497 e. The van der Waals surface area contributed by atoms with E-state index in [-0.39, 0.29) is 5.78 Å². The van der Waals surface area contributed by atoms with Gasteiger partial charge in [0.1, 0.15) is 5.75 Å². The fourth-order valence-corrected chi connectivity index (χ4v) is 3.77. The van der Waals surface area contributed by atoms with Crippen molar-refractivity contribution in [2.24, 2.45) is 0 Å². The Balaban J connectivity index is 1.62. The average molecular weight is 359 g/mol. The van der Waals surface area contributed by atoms with Crippen molar-refractivity contribution in [1.29, 1.82) is 0 Å². The normalized spacial score (nSPS) is 10.8. The van der Waals surface area contributed by atoms with Crippen LogP contribution >= 0.6 is 23.1 Å². The number of aromatic amines is 1. The van der Waals surface area contributed by atoms with E-state index in [0.717, 1.165) is 22.6 Å². The smallest absolute Gasteiger partial charge is 0.209 e. The van der Waals surface area contributed by atoms with E-state index in [4.69, 9.17) is 4.74 Å². The van der Waals surface area contributed by atoms with Crippen LogP contribution in [-0.2, 0) is 6.42 Å². The number of carbonyl (C=O) groups is 1. The number of Topliss-reactive ketones (excluding diaryl/α,β-unsaturated/α-hetero) is 1. The average Bonchev–Trinajstić information content (AvgIpc) is 3.29. The van der Waals surface area contributed by atoms with Gasteiger partial charge in [-0.1, -0.05) is 18.7 Å². The van der Waals surface area contributed by atoms with Crippen LogP contribution in [0.3, 0.4) is 0 Å². The number of nitrogens with zero attached hydrogens (tertiary/aromatic N) is 2. The van der Waals surface area contributed by atoms with Gasteiger partial charge < -0.3 is 4.74 Å². The summed E-state index contributed by atoms with van der Waals surface area (Å²) in [5.74, 6) is 1.92. The quantitative estimate of drug-likeness (QED) is 0.508. The highest BCUT2D eigenvalue weighted by Gasteiger charge is 2.12. The highest BCUT2D eigenvalue weighted by atomic mass is 32.2. The Hall–Kier alpha value is -2.12. The number of ketones is 1. The number of thioether (sulfide) groups is 1. The van der Waals surface area contributed by atoms with Gasteiger partial charge in [0.25, 0.3) is 0 Å². The molecule has 2 aromatic heterocycles. The lowest BCUT2D eigenvalue weighted by molar-refractivity contribution is 0.102. The summed E-state index contributed by atoms with van der Waals surface area (Å²) >= 11 is 2.90. The molecule has 0 spiro atoms. The molecule has 5 nitrogen and oxygen atoms in total. The lowest BCUT2D eigenvalue weighted by atomic mass is 10.2. The van der Waals surface area contributed by atoms with E-state index >= 15 is 0 Å². The van der Waals surface area contributed by atoms with E-state index in [1.165, 1.54) is 16.6 Å². The highest BCUT2D eigenvalue weighted by Crippen LogP contribution is 2.23. The third kappa shape index (κ3) is 3.85. The minimum Gasteiger partial charge on any atom is -0.497 e. The molecule has 0 unspecified atom stereocenters. The Kier molecular flexibility index (Phi) is 5.32. The molecule has 0 aliphatic rings. The molecule has 3 aromatic rings. The second-order valence-electron chi connectivity index (χ2n) is 5.03. The first-order chi connectivity index (χ1) is 11.7. The van der Waals surface area contributed by atoms with Gasteiger partial charge >= 0.3 is 0 Å². The first kappa shape index (κ1) is 16.7. The van der Waals surface area contributed by atoms with Crippen molar-refractivity contribution in [3.63, 3.8) is 0 Å². The zero-order chi connectivity index (χ0) is 16.9. The Morgan fingerprint density at radius 2 is 2.04 bits per heavy atom. The molecule has 0 aliphatic carbocycles. The maximum Gasteiger partial charge on any atom is 0.209 e. The number of hydrogen-bond acceptors (Lipinski definition) is 6. The highest BCUT2D eigenvalue weighted by molar-refractivity contribution is 7.99. The zero-order valence-corrected chi connectivity index (χ0v) is 15.0. The number of H-pyrrole nitrogens is 1. The number of nitrogens with one attached hydrogen (secondary N) is 1. The van der Waals surface area contributed by atoms with E-state index in [1.54, 1.807) is 18.4 Å². The summed E-state index contributed by atoms with van der Waals surface area (Å²) in [6.07, 6.45) is 0.956. The molecule has 0 saturated heterocycles. The van der Waals surface area contributed by atoms with E-state index in [2.05, 4.69) is 22.1 Å². The summed E-state index contributed by atoms with van der Waals surface area (Å²) in [6.45, 7) is 2.09. The van der Waals surface area contributed by atoms with Crippen LogP contribution in [0.5, 0.6) is 5.75 Å². The van der Waals surface area contributed by atoms with Crippen LogP contribution in [0, 0.1) is 0 Å². The molecule has 1 aromatic carbocycles. The predicted molar refractivity (Wildman–Crippen MR) is 97.1 cm³/mol. The fraction of sp³-hybridized carbons (Fsp3) is 0.235. The van der Waals surface area contributed by atoms with E-state index in [9.17, 15) is 4.79 Å². The van der Waals surface area contributed by atoms with Crippen molar-refractivity contribution >= 4 is 28.9 Å². The van der Waals surface area contributed by atoms with Gasteiger partial charge in [-0.15, -0.1) is 16.4 Å². The third-order valence-electron chi connectivity index (χ3n) is 3.45. The number of benzene rings is 1. The summed E-state index contributed by atoms with van der Waals surface area (Å²) in [5, 5.41) is 7.64. The van der Waals surface area contributed by atoms with Gasteiger partial charge in [-0.05, 0) is 42.8 Å². The monoisotopic (exact) mass is 359 g/mol. The molecule has 0 bridgehead atoms. The number of aryl methyl sites for hydroxylation is 1. The third-order valence-corrected chi connectivity index (χ3v) is 5.56. The SMILES string of the molecule is CCc1ccc(C(=O)CSc2n[nH]c(-c3ccc(OC)cc3)n2)s1. The van der Waals surface area contributed by atoms with Gasteiger partial charge in [-0.25, -0.2) is 4.98 Å². The number of carbonyl (C=O) groups excluding carboxylic acids is 1. The van der Waals surface area contributed by atoms with Crippen molar-refractivity contribution in [2.45, 2.75) is 18.5 Å². The molecule has 7 heteroatoms. The van der Waals surface area contributed by atoms with Crippen LogP contribution in [0.25, 0.3) is 11.4 Å². The summed E-state index contributed by atoms with van der Waals surface area (Å²) in [6, 6.07) is 11.5. The second-order valence-corrected chi connectivity index (χ2v) is 7.14. The number of methoxy groups -OCH3 is 1. The van der Waals surface area contributed by atoms with Crippen molar-refractivity contribution < 1.29 is 9.53 Å². The van der Waals surface area contributed by atoms with Gasteiger partial charge in [0.2, 0.25) is 5.16 Å². The van der Waals surface area contributed by atoms with Crippen molar-refractivity contribution in [3.05, 3.63) is 46.2 Å². The van der Waals surface area contributed by atoms with E-state index < -0.39 is 0 Å². The minimum atomic E-state index is 0.112. The van der Waals surface area contributed by atoms with E-state index in [0.29, 0.717) is 16.7 Å². The number of ether oxygens (including phenoxy) is 1. The fourth-order valence-electron chi connectivity index (χ4n) is 2.11. The molecular weight excluding hydrogens is 342 g/mol. The van der Waals surface area contributed by atoms with Crippen LogP contribution < -0.4 is 4.74 Å². The molecule has 124 valence electrons. The molecule has 0 amide bonds. The molecule has 0 saturated carbocycles. The lowest BCUT2D eigenvalue weighted by Crippen LogP contribution is -1.99. The molecule has 24 heavy (non-hydrogen) atoms. The van der Waals surface area contributed by atoms with Gasteiger partial charge in [0.05, 0.1) is 17.7 Å². The number of hydrogen-bond donors (Lipinski definition) is 1. The molecular formula is C17H17N3O2S2. The van der Waals surface area contributed by atoms with E-state index in [1.807, 2.05) is 36.4 Å². The molecule has 0 aliphatic heterocycles. The summed E-state index contributed by atoms with van der Waals surface area (Å²) < 4.78 is 5.14. The molecule has 0 atom stereocenters. The molecule has 3 rings (SSSR count). The lowest BCUT2D eigenvalue weighted by Gasteiger charge is -1.99. The molecule has 0 fully saturated rings. The van der Waals surface area contributed by atoms with Crippen LogP contribution in [0.4, 0.5) is 0 Å². The van der Waals surface area contributed by atoms with Crippen LogP contribution in [0.15, 0.2) is 41.6 Å². The molecule has 2 heterocycles. The number of aromatic nitrogens is 3. The molecule has 0 radical (unpaired) electrons. The second kappa shape index (κ2) is 7.63. The Morgan fingerprint density at radius 3 is 2.71 bits per heavy atom. The van der Waals surface area contributed by atoms with Gasteiger partial charge in [-0.3, -0.25) is 9.89 Å². The maximum atomic E-state index is 12.2. The van der Waals surface area contributed by atoms with Gasteiger partial charge in [0, 0.05) is 10.4 Å². The van der Waals surface area contributed by atoms with Gasteiger partial charge in [0.15, 0.2) is 11.6 Å². The predicted octanol–water partition coefficient (Wildman–Crippen LogP) is 4.08. The topological polar surface area (TPSA) is 67.9 Å². The summed E-state index contributed by atoms with van der Waals surface area (Å²) in [5.41, 5.74) is 0.923. The number of thiophene rings is 1. The summed E-state index contributed by atoms with van der Waals surface area (Å²) in [7, 11) is 1.63. The minimum absolute atomic E-state index is 0.112. The molecule has 1 N–H and O–H groups in total. The standard InChI is InChI=1S/C17H17N3O2S2/c1-3-13-8-9-15(24-13)14(21)10-23-17-18-16(19-20-17)11-4-6-12(22-2)7-5-11/h4-9H,3,10H2,1-2H3,(H,18,19,20). The van der Waals surface area contributed by atoms with Gasteiger partial charge in [-0.2, -0.15) is 0 Å².